The van der Waals surface area contributed by atoms with Crippen molar-refractivity contribution in [3.8, 4) is 0 Å². The van der Waals surface area contributed by atoms with E-state index in [1.165, 1.54) is 5.56 Å². The first-order chi connectivity index (χ1) is 11.6. The van der Waals surface area contributed by atoms with E-state index in [1.54, 1.807) is 0 Å². The Hall–Kier alpha value is -1.11. The number of amides is 1. The fraction of sp³-hybridized carbons (Fsp3) is 0.316. The molecule has 0 bridgehead atoms. The summed E-state index contributed by atoms with van der Waals surface area (Å²) in [6.45, 7) is 2.71. The van der Waals surface area contributed by atoms with E-state index in [0.717, 1.165) is 46.8 Å². The largest absolute Gasteiger partial charge is 0.326 e. The number of anilines is 1. The van der Waals surface area contributed by atoms with Gasteiger partial charge in [0.1, 0.15) is 0 Å². The lowest BCUT2D eigenvalue weighted by Gasteiger charge is -2.32. The number of carbonyl (C=O) groups is 1. The molecule has 5 heteroatoms. The van der Waals surface area contributed by atoms with Crippen LogP contribution in [0.2, 0.25) is 5.02 Å². The van der Waals surface area contributed by atoms with Gasteiger partial charge in [0.15, 0.2) is 0 Å². The molecule has 1 fully saturated rings. The summed E-state index contributed by atoms with van der Waals surface area (Å²) in [6.07, 6.45) is 2.01. The fourth-order valence-electron chi connectivity index (χ4n) is 3.04. The Balaban J connectivity index is 1.57. The van der Waals surface area contributed by atoms with Gasteiger partial charge in [0.05, 0.1) is 5.92 Å². The van der Waals surface area contributed by atoms with Gasteiger partial charge in [0.2, 0.25) is 5.91 Å². The Morgan fingerprint density at radius 1 is 1.17 bits per heavy atom. The summed E-state index contributed by atoms with van der Waals surface area (Å²) in [6, 6.07) is 15.9. The number of halogens is 2. The number of nitrogens with one attached hydrogen (secondary N) is 1. The fourth-order valence-corrected chi connectivity index (χ4v) is 3.52. The predicted octanol–water partition coefficient (Wildman–Crippen LogP) is 4.80. The van der Waals surface area contributed by atoms with Gasteiger partial charge >= 0.3 is 0 Å². The van der Waals surface area contributed by atoms with Crippen molar-refractivity contribution < 1.29 is 4.79 Å². The molecule has 0 spiro atoms. The highest BCUT2D eigenvalue weighted by Gasteiger charge is 2.25. The number of hydrogen-bond acceptors (Lipinski definition) is 2. The van der Waals surface area contributed by atoms with Gasteiger partial charge in [-0.25, -0.2) is 0 Å². The highest BCUT2D eigenvalue weighted by Crippen LogP contribution is 2.21. The average molecular weight is 455 g/mol. The van der Waals surface area contributed by atoms with Gasteiger partial charge < -0.3 is 5.32 Å². The molecular formula is C19H20ClIN2O. The maximum atomic E-state index is 12.5. The van der Waals surface area contributed by atoms with Crippen LogP contribution in [-0.2, 0) is 11.3 Å². The molecule has 0 aromatic heterocycles. The lowest BCUT2D eigenvalue weighted by molar-refractivity contribution is -0.121. The van der Waals surface area contributed by atoms with Crippen molar-refractivity contribution in [1.29, 1.82) is 0 Å². The molecule has 1 atom stereocenters. The van der Waals surface area contributed by atoms with Crippen molar-refractivity contribution in [3.63, 3.8) is 0 Å². The Labute approximate surface area is 161 Å². The minimum Gasteiger partial charge on any atom is -0.326 e. The van der Waals surface area contributed by atoms with Crippen molar-refractivity contribution in [2.75, 3.05) is 18.4 Å². The number of carbonyl (C=O) groups excluding carboxylic acids is 1. The van der Waals surface area contributed by atoms with Gasteiger partial charge in [-0.2, -0.15) is 0 Å². The zero-order chi connectivity index (χ0) is 16.9. The van der Waals surface area contributed by atoms with E-state index in [2.05, 4.69) is 44.9 Å². The van der Waals surface area contributed by atoms with Gasteiger partial charge in [0.25, 0.3) is 0 Å². The highest BCUT2D eigenvalue weighted by molar-refractivity contribution is 14.1. The van der Waals surface area contributed by atoms with Crippen molar-refractivity contribution >= 4 is 45.8 Å². The summed E-state index contributed by atoms with van der Waals surface area (Å²) < 4.78 is 1.16. The monoisotopic (exact) mass is 454 g/mol. The van der Waals surface area contributed by atoms with Gasteiger partial charge in [-0.05, 0) is 83.9 Å². The molecule has 0 aliphatic carbocycles. The van der Waals surface area contributed by atoms with Crippen LogP contribution in [0, 0.1) is 9.49 Å². The molecular weight excluding hydrogens is 435 g/mol. The number of likely N-dealkylation sites (tertiary alicyclic amines) is 1. The average Bonchev–Trinajstić information content (AvgIpc) is 2.59. The third-order valence-electron chi connectivity index (χ3n) is 4.31. The molecule has 2 aromatic carbocycles. The zero-order valence-electron chi connectivity index (χ0n) is 13.3. The highest BCUT2D eigenvalue weighted by atomic mass is 127. The van der Waals surface area contributed by atoms with E-state index >= 15 is 0 Å². The standard InChI is InChI=1S/C19H20ClIN2O/c20-16-5-3-14(4-6-16)12-23-11-1-2-15(13-23)19(24)22-18-9-7-17(21)8-10-18/h3-10,15H,1-2,11-13H2,(H,22,24)/t15-/m0/s1. The number of hydrogen-bond donors (Lipinski definition) is 1. The van der Waals surface area contributed by atoms with Crippen LogP contribution in [0.3, 0.4) is 0 Å². The van der Waals surface area contributed by atoms with E-state index < -0.39 is 0 Å². The summed E-state index contributed by atoms with van der Waals surface area (Å²) in [5.41, 5.74) is 2.10. The zero-order valence-corrected chi connectivity index (χ0v) is 16.3. The SMILES string of the molecule is O=C(Nc1ccc(I)cc1)[C@H]1CCCN(Cc2ccc(Cl)cc2)C1. The summed E-state index contributed by atoms with van der Waals surface area (Å²) in [4.78, 5) is 14.9. The maximum Gasteiger partial charge on any atom is 0.228 e. The third-order valence-corrected chi connectivity index (χ3v) is 5.28. The predicted molar refractivity (Wildman–Crippen MR) is 107 cm³/mol. The molecule has 0 radical (unpaired) electrons. The van der Waals surface area contributed by atoms with Crippen LogP contribution in [0.15, 0.2) is 48.5 Å². The minimum absolute atomic E-state index is 0.0466. The normalized spacial score (nSPS) is 18.3. The molecule has 0 unspecified atom stereocenters. The smallest absolute Gasteiger partial charge is 0.228 e. The molecule has 1 saturated heterocycles. The second-order valence-electron chi connectivity index (χ2n) is 6.20. The van der Waals surface area contributed by atoms with Crippen LogP contribution >= 0.6 is 34.2 Å². The molecule has 3 nitrogen and oxygen atoms in total. The van der Waals surface area contributed by atoms with Gasteiger partial charge in [-0.15, -0.1) is 0 Å². The maximum absolute atomic E-state index is 12.5. The van der Waals surface area contributed by atoms with E-state index in [0.29, 0.717) is 0 Å². The summed E-state index contributed by atoms with van der Waals surface area (Å²) in [5, 5.41) is 3.80. The second kappa shape index (κ2) is 8.32. The molecule has 24 heavy (non-hydrogen) atoms. The van der Waals surface area contributed by atoms with E-state index in [-0.39, 0.29) is 11.8 Å². The van der Waals surface area contributed by atoms with E-state index in [1.807, 2.05) is 36.4 Å². The second-order valence-corrected chi connectivity index (χ2v) is 7.88. The van der Waals surface area contributed by atoms with Crippen LogP contribution in [0.5, 0.6) is 0 Å². The molecule has 126 valence electrons. The van der Waals surface area contributed by atoms with Gasteiger partial charge in [0, 0.05) is 27.4 Å². The Morgan fingerprint density at radius 2 is 1.88 bits per heavy atom. The van der Waals surface area contributed by atoms with Gasteiger partial charge in [-0.3, -0.25) is 9.69 Å². The number of rotatable bonds is 4. The Bertz CT molecular complexity index is 688. The van der Waals surface area contributed by atoms with Crippen molar-refractivity contribution in [2.24, 2.45) is 5.92 Å². The molecule has 1 aliphatic heterocycles. The van der Waals surface area contributed by atoms with Crippen molar-refractivity contribution in [3.05, 3.63) is 62.7 Å². The van der Waals surface area contributed by atoms with Crippen molar-refractivity contribution in [2.45, 2.75) is 19.4 Å². The Kier molecular flexibility index (Phi) is 6.14. The van der Waals surface area contributed by atoms with Crippen LogP contribution in [0.1, 0.15) is 18.4 Å². The topological polar surface area (TPSA) is 32.3 Å². The number of piperidine rings is 1. The molecule has 2 aromatic rings. The summed E-state index contributed by atoms with van der Waals surface area (Å²) in [7, 11) is 0. The first-order valence-corrected chi connectivity index (χ1v) is 9.59. The van der Waals surface area contributed by atoms with Gasteiger partial charge in [-0.1, -0.05) is 23.7 Å². The summed E-state index contributed by atoms with van der Waals surface area (Å²) in [5.74, 6) is 0.169. The van der Waals surface area contributed by atoms with Crippen LogP contribution in [0.25, 0.3) is 0 Å². The Morgan fingerprint density at radius 3 is 2.58 bits per heavy atom. The lowest BCUT2D eigenvalue weighted by atomic mass is 9.96. The lowest BCUT2D eigenvalue weighted by Crippen LogP contribution is -2.40. The first-order valence-electron chi connectivity index (χ1n) is 8.13. The number of nitrogens with zero attached hydrogens (tertiary/aromatic N) is 1. The van der Waals surface area contributed by atoms with Crippen molar-refractivity contribution in [1.82, 2.24) is 4.90 Å². The van der Waals surface area contributed by atoms with E-state index in [9.17, 15) is 4.79 Å². The molecule has 0 saturated carbocycles. The summed E-state index contributed by atoms with van der Waals surface area (Å²) >= 11 is 8.20. The quantitative estimate of drug-likeness (QED) is 0.674. The molecule has 1 N–H and O–H groups in total. The van der Waals surface area contributed by atoms with E-state index in [4.69, 9.17) is 11.6 Å². The molecule has 1 heterocycles. The van der Waals surface area contributed by atoms with Crippen LogP contribution < -0.4 is 5.32 Å². The third kappa shape index (κ3) is 4.94. The molecule has 3 rings (SSSR count). The molecule has 1 amide bonds. The van der Waals surface area contributed by atoms with Crippen LogP contribution in [0.4, 0.5) is 5.69 Å². The van der Waals surface area contributed by atoms with Crippen LogP contribution in [-0.4, -0.2) is 23.9 Å². The first kappa shape index (κ1) is 17.7. The minimum atomic E-state index is 0.0466. The molecule has 1 aliphatic rings. The number of benzene rings is 2.